The average molecular weight is 557 g/mol. The van der Waals surface area contributed by atoms with Gasteiger partial charge in [0.1, 0.15) is 17.3 Å². The van der Waals surface area contributed by atoms with E-state index in [1.54, 1.807) is 47.3 Å². The Hall–Kier alpha value is -4.77. The number of hydrogen-bond acceptors (Lipinski definition) is 8. The van der Waals surface area contributed by atoms with Crippen molar-refractivity contribution in [1.82, 2.24) is 29.8 Å². The number of anilines is 3. The van der Waals surface area contributed by atoms with Gasteiger partial charge in [-0.15, -0.1) is 0 Å². The summed E-state index contributed by atoms with van der Waals surface area (Å²) in [4.78, 5) is 47.4. The van der Waals surface area contributed by atoms with Gasteiger partial charge >= 0.3 is 0 Å². The Kier molecular flexibility index (Phi) is 6.87. The van der Waals surface area contributed by atoms with E-state index in [-0.39, 0.29) is 24.3 Å². The first-order valence-corrected chi connectivity index (χ1v) is 13.2. The van der Waals surface area contributed by atoms with Crippen LogP contribution in [0, 0.1) is 0 Å². The van der Waals surface area contributed by atoms with E-state index < -0.39 is 5.91 Å². The smallest absolute Gasteiger partial charge is 0.272 e. The monoisotopic (exact) mass is 556 g/mol. The standard InChI is InChI=1S/C28H25ClN8O3/c29-19-4-3-5-21(14-19)32-23-15-24(33-20-7-10-36(11-8-20)28(40)22-6-1-2-9-30-22)37-26(34-23)18(16-31-37)12-17-13-25(38)35-27(17)39/h1-6,9,12,14-16,20,33H,7-8,10-11,13H2,(H,32,34)(H,35,38,39)/b17-12+. The summed E-state index contributed by atoms with van der Waals surface area (Å²) in [6.07, 6.45) is 6.37. The van der Waals surface area contributed by atoms with Gasteiger partial charge in [0.15, 0.2) is 5.65 Å². The number of carbonyl (C=O) groups excluding carboxylic acids is 3. The van der Waals surface area contributed by atoms with Crippen molar-refractivity contribution >= 4 is 58.4 Å². The van der Waals surface area contributed by atoms with E-state index in [4.69, 9.17) is 16.6 Å². The van der Waals surface area contributed by atoms with Gasteiger partial charge in [-0.2, -0.15) is 9.61 Å². The molecule has 6 rings (SSSR count). The zero-order valence-corrected chi connectivity index (χ0v) is 22.1. The zero-order chi connectivity index (χ0) is 27.6. The fraction of sp³-hybridized carbons (Fsp3) is 0.214. The van der Waals surface area contributed by atoms with E-state index in [9.17, 15) is 14.4 Å². The Morgan fingerprint density at radius 2 is 1.95 bits per heavy atom. The number of halogens is 1. The number of fused-ring (bicyclic) bond motifs is 1. The molecule has 202 valence electrons. The highest BCUT2D eigenvalue weighted by Gasteiger charge is 2.26. The Morgan fingerprint density at radius 1 is 1.10 bits per heavy atom. The molecule has 3 aromatic heterocycles. The molecule has 2 fully saturated rings. The van der Waals surface area contributed by atoms with Gasteiger partial charge in [-0.3, -0.25) is 24.7 Å². The number of likely N-dealkylation sites (tertiary alicyclic amines) is 1. The second kappa shape index (κ2) is 10.8. The van der Waals surface area contributed by atoms with Gasteiger partial charge in [-0.25, -0.2) is 4.98 Å². The quantitative estimate of drug-likeness (QED) is 0.242. The molecule has 3 amide bonds. The molecule has 2 saturated heterocycles. The van der Waals surface area contributed by atoms with Gasteiger partial charge in [-0.1, -0.05) is 23.7 Å². The Bertz CT molecular complexity index is 1640. The number of benzene rings is 1. The number of aromatic nitrogens is 4. The highest BCUT2D eigenvalue weighted by atomic mass is 35.5. The topological polar surface area (TPSA) is 134 Å². The van der Waals surface area contributed by atoms with E-state index in [0.29, 0.717) is 52.2 Å². The van der Waals surface area contributed by atoms with Crippen LogP contribution in [0.4, 0.5) is 17.3 Å². The third-order valence-electron chi connectivity index (χ3n) is 6.84. The van der Waals surface area contributed by atoms with E-state index in [0.717, 1.165) is 18.5 Å². The summed E-state index contributed by atoms with van der Waals surface area (Å²) < 4.78 is 1.68. The maximum Gasteiger partial charge on any atom is 0.272 e. The molecule has 0 aliphatic carbocycles. The van der Waals surface area contributed by atoms with Crippen LogP contribution in [0.25, 0.3) is 11.7 Å². The van der Waals surface area contributed by atoms with Crippen molar-refractivity contribution in [2.75, 3.05) is 23.7 Å². The number of pyridine rings is 1. The molecule has 0 bridgehead atoms. The molecular weight excluding hydrogens is 532 g/mol. The van der Waals surface area contributed by atoms with E-state index in [1.165, 1.54) is 0 Å². The third kappa shape index (κ3) is 5.36. The predicted molar refractivity (Wildman–Crippen MR) is 150 cm³/mol. The zero-order valence-electron chi connectivity index (χ0n) is 21.3. The van der Waals surface area contributed by atoms with Crippen molar-refractivity contribution in [3.8, 4) is 0 Å². The minimum Gasteiger partial charge on any atom is -0.367 e. The van der Waals surface area contributed by atoms with Crippen LogP contribution >= 0.6 is 11.6 Å². The van der Waals surface area contributed by atoms with Crippen LogP contribution in [0.15, 0.2) is 66.5 Å². The first kappa shape index (κ1) is 25.5. The molecule has 0 unspecified atom stereocenters. The van der Waals surface area contributed by atoms with Crippen molar-refractivity contribution in [2.45, 2.75) is 25.3 Å². The molecule has 0 saturated carbocycles. The van der Waals surface area contributed by atoms with Crippen LogP contribution in [0.5, 0.6) is 0 Å². The number of nitrogens with one attached hydrogen (secondary N) is 3. The van der Waals surface area contributed by atoms with Gasteiger partial charge in [0.2, 0.25) is 5.91 Å². The SMILES string of the molecule is O=C1C/C(=C\c2cnn3c(NC4CCN(C(=O)c5ccccn5)CC4)cc(Nc4cccc(Cl)c4)nc23)C(=O)N1. The summed E-state index contributed by atoms with van der Waals surface area (Å²) in [6, 6.07) is 14.6. The van der Waals surface area contributed by atoms with Crippen LogP contribution in [0.2, 0.25) is 5.02 Å². The number of hydrogen-bond donors (Lipinski definition) is 3. The highest BCUT2D eigenvalue weighted by molar-refractivity contribution is 6.30. The maximum atomic E-state index is 12.8. The summed E-state index contributed by atoms with van der Waals surface area (Å²) >= 11 is 6.18. The van der Waals surface area contributed by atoms with Crippen molar-refractivity contribution < 1.29 is 14.4 Å². The minimum atomic E-state index is -0.414. The summed E-state index contributed by atoms with van der Waals surface area (Å²) in [5, 5.41) is 14.3. The molecule has 5 heterocycles. The third-order valence-corrected chi connectivity index (χ3v) is 7.07. The lowest BCUT2D eigenvalue weighted by molar-refractivity contribution is -0.124. The van der Waals surface area contributed by atoms with Crippen LogP contribution in [-0.4, -0.2) is 61.3 Å². The van der Waals surface area contributed by atoms with Gasteiger partial charge in [0.05, 0.1) is 12.6 Å². The van der Waals surface area contributed by atoms with Crippen molar-refractivity contribution in [2.24, 2.45) is 0 Å². The molecule has 2 aliphatic heterocycles. The molecule has 0 spiro atoms. The fourth-order valence-corrected chi connectivity index (χ4v) is 5.05. The van der Waals surface area contributed by atoms with Gasteiger partial charge in [0, 0.05) is 53.2 Å². The number of nitrogens with zero attached hydrogens (tertiary/aromatic N) is 5. The summed E-state index contributed by atoms with van der Waals surface area (Å²) in [5.74, 6) is 0.424. The Balaban J connectivity index is 1.27. The molecular formula is C28H25ClN8O3. The summed E-state index contributed by atoms with van der Waals surface area (Å²) in [7, 11) is 0. The molecule has 4 aromatic rings. The van der Waals surface area contributed by atoms with E-state index in [2.05, 4.69) is 26.0 Å². The maximum absolute atomic E-state index is 12.8. The summed E-state index contributed by atoms with van der Waals surface area (Å²) in [5.41, 5.74) is 2.67. The Morgan fingerprint density at radius 3 is 2.67 bits per heavy atom. The molecule has 0 radical (unpaired) electrons. The van der Waals surface area contributed by atoms with Crippen molar-refractivity contribution in [1.29, 1.82) is 0 Å². The second-order valence-electron chi connectivity index (χ2n) is 9.65. The number of piperidine rings is 1. The number of rotatable bonds is 6. The fourth-order valence-electron chi connectivity index (χ4n) is 4.86. The molecule has 40 heavy (non-hydrogen) atoms. The number of amides is 3. The average Bonchev–Trinajstić information content (AvgIpc) is 3.50. The normalized spacial score (nSPS) is 16.9. The van der Waals surface area contributed by atoms with Crippen LogP contribution in [0.1, 0.15) is 35.3 Å². The largest absolute Gasteiger partial charge is 0.367 e. The van der Waals surface area contributed by atoms with Crippen LogP contribution in [-0.2, 0) is 9.59 Å². The first-order valence-electron chi connectivity index (χ1n) is 12.9. The summed E-state index contributed by atoms with van der Waals surface area (Å²) in [6.45, 7) is 1.18. The van der Waals surface area contributed by atoms with E-state index in [1.807, 2.05) is 29.2 Å². The predicted octanol–water partition coefficient (Wildman–Crippen LogP) is 3.67. The van der Waals surface area contributed by atoms with Gasteiger partial charge < -0.3 is 15.5 Å². The first-order chi connectivity index (χ1) is 19.4. The molecule has 0 atom stereocenters. The molecule has 3 N–H and O–H groups in total. The van der Waals surface area contributed by atoms with Crippen LogP contribution in [0.3, 0.4) is 0 Å². The lowest BCUT2D eigenvalue weighted by atomic mass is 10.0. The second-order valence-corrected chi connectivity index (χ2v) is 10.1. The number of carbonyl (C=O) groups is 3. The Labute approximate surface area is 234 Å². The van der Waals surface area contributed by atoms with Crippen LogP contribution < -0.4 is 16.0 Å². The van der Waals surface area contributed by atoms with Crippen molar-refractivity contribution in [3.63, 3.8) is 0 Å². The van der Waals surface area contributed by atoms with Gasteiger partial charge in [0.25, 0.3) is 11.8 Å². The van der Waals surface area contributed by atoms with E-state index >= 15 is 0 Å². The van der Waals surface area contributed by atoms with Gasteiger partial charge in [-0.05, 0) is 49.2 Å². The highest BCUT2D eigenvalue weighted by Crippen LogP contribution is 2.27. The molecule has 1 aromatic carbocycles. The molecule has 2 aliphatic rings. The molecule has 11 nitrogen and oxygen atoms in total. The molecule has 12 heteroatoms. The minimum absolute atomic E-state index is 0.0114. The number of imide groups is 1. The lowest BCUT2D eigenvalue weighted by Gasteiger charge is -2.32. The lowest BCUT2D eigenvalue weighted by Crippen LogP contribution is -2.42. The van der Waals surface area contributed by atoms with Crippen molar-refractivity contribution in [3.05, 3.63) is 82.8 Å².